The number of unbranched alkanes of at least 4 members (excludes halogenated alkanes) is 2. The van der Waals surface area contributed by atoms with Crippen LogP contribution in [-0.4, -0.2) is 22.5 Å². The lowest BCUT2D eigenvalue weighted by molar-refractivity contribution is -0.138. The van der Waals surface area contributed by atoms with Crippen molar-refractivity contribution in [3.05, 3.63) is 53.9 Å². The molecule has 0 fully saturated rings. The highest BCUT2D eigenvalue weighted by molar-refractivity contribution is 5.87. The molecule has 0 aliphatic carbocycles. The van der Waals surface area contributed by atoms with E-state index in [1.807, 2.05) is 36.7 Å². The second-order valence-electron chi connectivity index (χ2n) is 6.97. The summed E-state index contributed by atoms with van der Waals surface area (Å²) in [6.07, 6.45) is 12.7. The van der Waals surface area contributed by atoms with Gasteiger partial charge in [-0.25, -0.2) is 14.8 Å². The molecule has 0 saturated heterocycles. The Labute approximate surface area is 162 Å². The second-order valence-corrected chi connectivity index (χ2v) is 6.97. The van der Waals surface area contributed by atoms with E-state index < -0.39 is 0 Å². The van der Waals surface area contributed by atoms with Gasteiger partial charge in [0.2, 0.25) is 0 Å². The van der Waals surface area contributed by atoms with Crippen molar-refractivity contribution in [2.24, 2.45) is 5.92 Å². The molecule has 0 spiro atoms. The van der Waals surface area contributed by atoms with Gasteiger partial charge in [-0.05, 0) is 36.0 Å². The van der Waals surface area contributed by atoms with Gasteiger partial charge in [0.1, 0.15) is 0 Å². The maximum Gasteiger partial charge on any atom is 0.330 e. The summed E-state index contributed by atoms with van der Waals surface area (Å²) in [5.74, 6) is 0.804. The van der Waals surface area contributed by atoms with E-state index in [9.17, 15) is 4.79 Å². The first-order valence-electron chi connectivity index (χ1n) is 9.88. The first-order valence-corrected chi connectivity index (χ1v) is 9.88. The fourth-order valence-corrected chi connectivity index (χ4v) is 2.51. The van der Waals surface area contributed by atoms with E-state index in [1.165, 1.54) is 30.9 Å². The Hall–Kier alpha value is -2.49. The molecule has 0 radical (unpaired) electrons. The third-order valence-corrected chi connectivity index (χ3v) is 4.56. The molecule has 1 atom stereocenters. The van der Waals surface area contributed by atoms with Gasteiger partial charge in [0.05, 0.1) is 6.61 Å². The Morgan fingerprint density at radius 1 is 1.11 bits per heavy atom. The van der Waals surface area contributed by atoms with Gasteiger partial charge in [0, 0.05) is 24.0 Å². The van der Waals surface area contributed by atoms with Crippen LogP contribution in [0.1, 0.15) is 57.6 Å². The number of carbonyl (C=O) groups is 1. The number of benzene rings is 1. The van der Waals surface area contributed by atoms with Gasteiger partial charge in [-0.2, -0.15) is 0 Å². The third kappa shape index (κ3) is 7.33. The van der Waals surface area contributed by atoms with Crippen LogP contribution in [0.2, 0.25) is 0 Å². The predicted octanol–water partition coefficient (Wildman–Crippen LogP) is 5.48. The number of aromatic nitrogens is 2. The Morgan fingerprint density at radius 3 is 2.44 bits per heavy atom. The molecule has 0 aliphatic heterocycles. The van der Waals surface area contributed by atoms with E-state index in [-0.39, 0.29) is 5.97 Å². The van der Waals surface area contributed by atoms with Crippen molar-refractivity contribution >= 4 is 12.0 Å². The molecule has 0 N–H and O–H groups in total. The normalized spacial score (nSPS) is 12.3. The van der Waals surface area contributed by atoms with Gasteiger partial charge in [0.15, 0.2) is 5.82 Å². The maximum atomic E-state index is 11.7. The first kappa shape index (κ1) is 20.8. The van der Waals surface area contributed by atoms with Crippen LogP contribution in [0, 0.1) is 5.92 Å². The molecule has 1 aromatic carbocycles. The number of carbonyl (C=O) groups excluding carboxylic acids is 1. The second kappa shape index (κ2) is 11.3. The molecule has 2 rings (SSSR count). The number of hydrogen-bond acceptors (Lipinski definition) is 4. The van der Waals surface area contributed by atoms with E-state index in [0.717, 1.165) is 29.8 Å². The van der Waals surface area contributed by atoms with Crippen LogP contribution in [0.5, 0.6) is 0 Å². The minimum atomic E-state index is -0.304. The molecule has 4 nitrogen and oxygen atoms in total. The lowest BCUT2D eigenvalue weighted by Crippen LogP contribution is -2.08. The summed E-state index contributed by atoms with van der Waals surface area (Å²) in [7, 11) is 0. The van der Waals surface area contributed by atoms with E-state index in [1.54, 1.807) is 6.08 Å². The fraction of sp³-hybridized carbons (Fsp3) is 0.435. The van der Waals surface area contributed by atoms with Crippen molar-refractivity contribution in [1.29, 1.82) is 0 Å². The molecule has 0 aliphatic rings. The molecule has 1 aromatic heterocycles. The molecule has 144 valence electrons. The Kier molecular flexibility index (Phi) is 8.69. The van der Waals surface area contributed by atoms with Crippen LogP contribution in [0.25, 0.3) is 17.5 Å². The quantitative estimate of drug-likeness (QED) is 0.317. The van der Waals surface area contributed by atoms with Crippen LogP contribution in [-0.2, 0) is 16.0 Å². The van der Waals surface area contributed by atoms with E-state index in [4.69, 9.17) is 4.74 Å². The van der Waals surface area contributed by atoms with E-state index >= 15 is 0 Å². The summed E-state index contributed by atoms with van der Waals surface area (Å²) >= 11 is 0. The SMILES string of the molecule is CCCCCc1cnc(-c2ccc(C=CC(=O)OCC(C)CC)cc2)nc1. The smallest absolute Gasteiger partial charge is 0.330 e. The van der Waals surface area contributed by atoms with Crippen molar-refractivity contribution in [1.82, 2.24) is 9.97 Å². The zero-order valence-electron chi connectivity index (χ0n) is 16.6. The van der Waals surface area contributed by atoms with Gasteiger partial charge in [-0.15, -0.1) is 0 Å². The highest BCUT2D eigenvalue weighted by atomic mass is 16.5. The molecular formula is C23H30N2O2. The molecule has 0 amide bonds. The van der Waals surface area contributed by atoms with Crippen LogP contribution in [0.4, 0.5) is 0 Å². The van der Waals surface area contributed by atoms with Crippen LogP contribution < -0.4 is 0 Å². The number of rotatable bonds is 10. The van der Waals surface area contributed by atoms with Crippen molar-refractivity contribution in [2.45, 2.75) is 52.9 Å². The van der Waals surface area contributed by atoms with Crippen LogP contribution in [0.3, 0.4) is 0 Å². The van der Waals surface area contributed by atoms with Crippen molar-refractivity contribution in [2.75, 3.05) is 6.61 Å². The molecule has 27 heavy (non-hydrogen) atoms. The molecule has 0 bridgehead atoms. The Balaban J connectivity index is 1.90. The first-order chi connectivity index (χ1) is 13.1. The molecule has 2 aromatic rings. The van der Waals surface area contributed by atoms with E-state index in [2.05, 4.69) is 30.7 Å². The topological polar surface area (TPSA) is 52.1 Å². The molecule has 4 heteroatoms. The minimum Gasteiger partial charge on any atom is -0.462 e. The predicted molar refractivity (Wildman–Crippen MR) is 110 cm³/mol. The average Bonchev–Trinajstić information content (AvgIpc) is 2.71. The third-order valence-electron chi connectivity index (χ3n) is 4.56. The number of aryl methyl sites for hydroxylation is 1. The maximum absolute atomic E-state index is 11.7. The zero-order valence-corrected chi connectivity index (χ0v) is 16.6. The summed E-state index contributed by atoms with van der Waals surface area (Å²) in [4.78, 5) is 20.7. The Bertz CT molecular complexity index is 721. The highest BCUT2D eigenvalue weighted by Crippen LogP contribution is 2.17. The van der Waals surface area contributed by atoms with Gasteiger partial charge in [0.25, 0.3) is 0 Å². The number of hydrogen-bond donors (Lipinski definition) is 0. The lowest BCUT2D eigenvalue weighted by Gasteiger charge is -2.07. The van der Waals surface area contributed by atoms with Gasteiger partial charge >= 0.3 is 5.97 Å². The summed E-state index contributed by atoms with van der Waals surface area (Å²) in [5, 5.41) is 0. The van der Waals surface area contributed by atoms with Gasteiger partial charge in [-0.1, -0.05) is 64.3 Å². The van der Waals surface area contributed by atoms with Crippen molar-refractivity contribution in [3.63, 3.8) is 0 Å². The zero-order chi connectivity index (χ0) is 19.5. The minimum absolute atomic E-state index is 0.304. The molecule has 1 unspecified atom stereocenters. The molecule has 1 heterocycles. The number of ether oxygens (including phenoxy) is 1. The average molecular weight is 367 g/mol. The number of nitrogens with zero attached hydrogens (tertiary/aromatic N) is 2. The molecular weight excluding hydrogens is 336 g/mol. The summed E-state index contributed by atoms with van der Waals surface area (Å²) in [6.45, 7) is 6.81. The number of esters is 1. The summed E-state index contributed by atoms with van der Waals surface area (Å²) < 4.78 is 5.21. The fourth-order valence-electron chi connectivity index (χ4n) is 2.51. The monoisotopic (exact) mass is 366 g/mol. The Morgan fingerprint density at radius 2 is 1.81 bits per heavy atom. The van der Waals surface area contributed by atoms with Crippen LogP contribution >= 0.6 is 0 Å². The lowest BCUT2D eigenvalue weighted by atomic mass is 10.1. The molecule has 0 saturated carbocycles. The largest absolute Gasteiger partial charge is 0.462 e. The van der Waals surface area contributed by atoms with Gasteiger partial charge < -0.3 is 4.74 Å². The van der Waals surface area contributed by atoms with Crippen LogP contribution in [0.15, 0.2) is 42.7 Å². The highest BCUT2D eigenvalue weighted by Gasteiger charge is 2.04. The van der Waals surface area contributed by atoms with Gasteiger partial charge in [-0.3, -0.25) is 0 Å². The van der Waals surface area contributed by atoms with Crippen molar-refractivity contribution < 1.29 is 9.53 Å². The summed E-state index contributed by atoms with van der Waals surface area (Å²) in [6, 6.07) is 7.84. The van der Waals surface area contributed by atoms with Crippen molar-refractivity contribution in [3.8, 4) is 11.4 Å². The van der Waals surface area contributed by atoms with E-state index in [0.29, 0.717) is 12.5 Å². The standard InChI is InChI=1S/C23H30N2O2/c1-4-6-7-8-20-15-24-23(25-16-20)21-12-9-19(10-13-21)11-14-22(26)27-17-18(3)5-2/h9-16,18H,4-8,17H2,1-3H3. The summed E-state index contributed by atoms with van der Waals surface area (Å²) in [5.41, 5.74) is 3.09.